The molecule has 3 N–H and O–H groups in total. The van der Waals surface area contributed by atoms with Gasteiger partial charge in [-0.25, -0.2) is 9.59 Å². The molecule has 154 valence electrons. The molecule has 0 bridgehead atoms. The molecule has 1 heterocycles. The Bertz CT molecular complexity index is 509. The van der Waals surface area contributed by atoms with Gasteiger partial charge in [-0.3, -0.25) is 9.59 Å². The van der Waals surface area contributed by atoms with E-state index in [9.17, 15) is 19.2 Å². The van der Waals surface area contributed by atoms with E-state index in [2.05, 4.69) is 5.32 Å². The van der Waals surface area contributed by atoms with E-state index in [1.807, 2.05) is 0 Å². The van der Waals surface area contributed by atoms with Crippen molar-refractivity contribution in [3.05, 3.63) is 0 Å². The Hall–Kier alpha value is -2.20. The smallest absolute Gasteiger partial charge is 0.407 e. The lowest BCUT2D eigenvalue weighted by Crippen LogP contribution is -2.39. The number of nitrogens with one attached hydrogen (secondary N) is 1. The second-order valence-corrected chi connectivity index (χ2v) is 6.34. The molecule has 1 rings (SSSR count). The van der Waals surface area contributed by atoms with Crippen molar-refractivity contribution in [1.29, 1.82) is 0 Å². The van der Waals surface area contributed by atoms with E-state index in [4.69, 9.17) is 19.8 Å². The fraction of sp³-hybridized carbons (Fsp3) is 0.765. The number of amides is 3. The van der Waals surface area contributed by atoms with Gasteiger partial charge < -0.3 is 25.1 Å². The molecule has 0 spiro atoms. The van der Waals surface area contributed by atoms with E-state index in [1.165, 1.54) is 0 Å². The molecule has 10 nitrogen and oxygen atoms in total. The number of aliphatic hydroxyl groups excluding tert-OH is 2. The van der Waals surface area contributed by atoms with Crippen molar-refractivity contribution in [2.75, 3.05) is 19.8 Å². The molecule has 3 amide bonds. The maximum Gasteiger partial charge on any atom is 0.407 e. The highest BCUT2D eigenvalue weighted by molar-refractivity contribution is 6.01. The summed E-state index contributed by atoms with van der Waals surface area (Å²) in [5, 5.41) is 20.9. The molecule has 1 aliphatic heterocycles. The van der Waals surface area contributed by atoms with Crippen LogP contribution in [0.4, 0.5) is 4.79 Å². The lowest BCUT2D eigenvalue weighted by molar-refractivity contribution is -0.197. The molecule has 0 aromatic carbocycles. The Labute approximate surface area is 157 Å². The third-order valence-corrected chi connectivity index (χ3v) is 4.18. The number of carbonyl (C=O) groups is 4. The number of imide groups is 1. The summed E-state index contributed by atoms with van der Waals surface area (Å²) < 4.78 is 5.12. The third-order valence-electron chi connectivity index (χ3n) is 4.18. The van der Waals surface area contributed by atoms with Gasteiger partial charge in [0.1, 0.15) is 0 Å². The van der Waals surface area contributed by atoms with Crippen molar-refractivity contribution in [2.45, 2.75) is 57.9 Å². The molecular weight excluding hydrogens is 360 g/mol. The van der Waals surface area contributed by atoms with Crippen LogP contribution in [-0.4, -0.2) is 65.0 Å². The van der Waals surface area contributed by atoms with Gasteiger partial charge in [-0.05, 0) is 31.6 Å². The summed E-state index contributed by atoms with van der Waals surface area (Å²) in [5.41, 5.74) is 0. The van der Waals surface area contributed by atoms with Crippen LogP contribution in [0.3, 0.4) is 0 Å². The predicted molar refractivity (Wildman–Crippen MR) is 91.9 cm³/mol. The average Bonchev–Trinajstić information content (AvgIpc) is 2.95. The zero-order chi connectivity index (χ0) is 20.2. The summed E-state index contributed by atoms with van der Waals surface area (Å²) in [6.45, 7) is 1.82. The highest BCUT2D eigenvalue weighted by Gasteiger charge is 2.33. The number of hydroxylamine groups is 2. The number of hydrogen-bond acceptors (Lipinski definition) is 8. The summed E-state index contributed by atoms with van der Waals surface area (Å²) in [6.07, 6.45) is 1.13. The number of nitrogens with zero attached hydrogens (tertiary/aromatic N) is 1. The molecule has 2 unspecified atom stereocenters. The van der Waals surface area contributed by atoms with Crippen LogP contribution in [0.1, 0.15) is 51.9 Å². The van der Waals surface area contributed by atoms with Crippen molar-refractivity contribution in [3.8, 4) is 0 Å². The number of hydrogen-bond donors (Lipinski definition) is 3. The fourth-order valence-corrected chi connectivity index (χ4v) is 2.57. The minimum absolute atomic E-state index is 0.0131. The molecule has 0 radical (unpaired) electrons. The van der Waals surface area contributed by atoms with Gasteiger partial charge in [0.25, 0.3) is 11.8 Å². The van der Waals surface area contributed by atoms with Crippen LogP contribution < -0.4 is 5.32 Å². The second kappa shape index (κ2) is 12.2. The lowest BCUT2D eigenvalue weighted by Gasteiger charge is -2.19. The number of alkyl carbamates (subject to hydrolysis) is 1. The molecule has 0 saturated carbocycles. The quantitative estimate of drug-likeness (QED) is 0.404. The second-order valence-electron chi connectivity index (χ2n) is 6.34. The van der Waals surface area contributed by atoms with Crippen LogP contribution in [0.15, 0.2) is 0 Å². The molecule has 10 heteroatoms. The van der Waals surface area contributed by atoms with Crippen LogP contribution in [-0.2, 0) is 24.0 Å². The highest BCUT2D eigenvalue weighted by Crippen LogP contribution is 2.14. The topological polar surface area (TPSA) is 142 Å². The van der Waals surface area contributed by atoms with Gasteiger partial charge in [-0.1, -0.05) is 6.92 Å². The first kappa shape index (κ1) is 22.8. The number of rotatable bonds is 12. The predicted octanol–water partition coefficient (Wildman–Crippen LogP) is 0.260. The molecule has 0 aliphatic carbocycles. The van der Waals surface area contributed by atoms with Crippen LogP contribution in [0.25, 0.3) is 0 Å². The average molecular weight is 388 g/mol. The largest absolute Gasteiger partial charge is 0.449 e. The lowest BCUT2D eigenvalue weighted by atomic mass is 10.0. The Balaban J connectivity index is 2.40. The Kier molecular flexibility index (Phi) is 10.3. The summed E-state index contributed by atoms with van der Waals surface area (Å²) in [6, 6.07) is -0.577. The molecule has 1 saturated heterocycles. The first-order valence-electron chi connectivity index (χ1n) is 9.12. The zero-order valence-electron chi connectivity index (χ0n) is 15.5. The van der Waals surface area contributed by atoms with Gasteiger partial charge >= 0.3 is 12.1 Å². The SMILES string of the molecule is CCC(CC(=O)ON1C(=O)CCC1=O)NC(=O)OCC(CCO)CCCO. The summed E-state index contributed by atoms with van der Waals surface area (Å²) in [7, 11) is 0. The number of carbonyl (C=O) groups excluding carboxylic acids is 4. The number of ether oxygens (including phenoxy) is 1. The van der Waals surface area contributed by atoms with Gasteiger partial charge in [-0.15, -0.1) is 5.06 Å². The van der Waals surface area contributed by atoms with E-state index in [0.29, 0.717) is 30.7 Å². The summed E-state index contributed by atoms with van der Waals surface area (Å²) >= 11 is 0. The van der Waals surface area contributed by atoms with Gasteiger partial charge in [0.2, 0.25) is 0 Å². The van der Waals surface area contributed by atoms with Crippen molar-refractivity contribution >= 4 is 23.9 Å². The van der Waals surface area contributed by atoms with Crippen LogP contribution in [0.2, 0.25) is 0 Å². The maximum absolute atomic E-state index is 11.9. The zero-order valence-corrected chi connectivity index (χ0v) is 15.5. The van der Waals surface area contributed by atoms with E-state index < -0.39 is 29.9 Å². The minimum atomic E-state index is -0.799. The fourth-order valence-electron chi connectivity index (χ4n) is 2.57. The van der Waals surface area contributed by atoms with E-state index >= 15 is 0 Å². The van der Waals surface area contributed by atoms with Crippen molar-refractivity contribution in [3.63, 3.8) is 0 Å². The Morgan fingerprint density at radius 1 is 1.15 bits per heavy atom. The highest BCUT2D eigenvalue weighted by atomic mass is 16.7. The van der Waals surface area contributed by atoms with Crippen LogP contribution in [0.5, 0.6) is 0 Å². The Morgan fingerprint density at radius 2 is 1.81 bits per heavy atom. The normalized spacial score (nSPS) is 16.2. The molecular formula is C17H28N2O8. The van der Waals surface area contributed by atoms with Gasteiger partial charge in [0.15, 0.2) is 0 Å². The third kappa shape index (κ3) is 8.35. The van der Waals surface area contributed by atoms with Gasteiger partial charge in [0.05, 0.1) is 13.0 Å². The van der Waals surface area contributed by atoms with E-state index in [-0.39, 0.29) is 45.0 Å². The first-order valence-corrected chi connectivity index (χ1v) is 9.12. The van der Waals surface area contributed by atoms with Crippen LogP contribution in [0, 0.1) is 5.92 Å². The standard InChI is InChI=1S/C17H28N2O8/c1-2-13(10-16(24)27-19-14(22)5-6-15(19)23)18-17(25)26-11-12(7-9-21)4-3-8-20/h12-13,20-21H,2-11H2,1H3,(H,18,25). The van der Waals surface area contributed by atoms with E-state index in [1.54, 1.807) is 6.92 Å². The molecule has 27 heavy (non-hydrogen) atoms. The molecule has 0 aromatic rings. The molecule has 1 fully saturated rings. The molecule has 1 aliphatic rings. The van der Waals surface area contributed by atoms with Crippen LogP contribution >= 0.6 is 0 Å². The van der Waals surface area contributed by atoms with Crippen molar-refractivity contribution < 1.29 is 39.0 Å². The molecule has 2 atom stereocenters. The monoisotopic (exact) mass is 388 g/mol. The van der Waals surface area contributed by atoms with E-state index in [0.717, 1.165) is 0 Å². The number of aliphatic hydroxyl groups is 2. The van der Waals surface area contributed by atoms with Crippen molar-refractivity contribution in [2.24, 2.45) is 5.92 Å². The summed E-state index contributed by atoms with van der Waals surface area (Å²) in [4.78, 5) is 51.5. The van der Waals surface area contributed by atoms with Gasteiger partial charge in [0, 0.05) is 32.1 Å². The molecule has 0 aromatic heterocycles. The minimum Gasteiger partial charge on any atom is -0.449 e. The summed E-state index contributed by atoms with van der Waals surface area (Å²) in [5.74, 6) is -1.99. The Morgan fingerprint density at radius 3 is 2.37 bits per heavy atom. The van der Waals surface area contributed by atoms with Crippen molar-refractivity contribution in [1.82, 2.24) is 10.4 Å². The maximum atomic E-state index is 11.9. The first-order chi connectivity index (χ1) is 12.9. The van der Waals surface area contributed by atoms with Gasteiger partial charge in [-0.2, -0.15) is 0 Å².